The van der Waals surface area contributed by atoms with Crippen molar-refractivity contribution in [2.45, 2.75) is 44.2 Å². The lowest BCUT2D eigenvalue weighted by atomic mass is 10.0. The van der Waals surface area contributed by atoms with Crippen LogP contribution in [0.2, 0.25) is 0 Å². The van der Waals surface area contributed by atoms with Crippen LogP contribution in [-0.2, 0) is 9.59 Å². The van der Waals surface area contributed by atoms with Crippen LogP contribution >= 0.6 is 0 Å². The van der Waals surface area contributed by atoms with Crippen LogP contribution in [0.1, 0.15) is 32.1 Å². The van der Waals surface area contributed by atoms with Gasteiger partial charge in [-0.25, -0.2) is 0 Å². The van der Waals surface area contributed by atoms with E-state index in [-0.39, 0.29) is 23.9 Å². The molecule has 2 aliphatic rings. The highest BCUT2D eigenvalue weighted by Crippen LogP contribution is 2.29. The average molecular weight is 239 g/mol. The molecule has 2 fully saturated rings. The fourth-order valence-electron chi connectivity index (χ4n) is 3.01. The first-order chi connectivity index (χ1) is 8.13. The molecule has 2 unspecified atom stereocenters. The molecule has 17 heavy (non-hydrogen) atoms. The lowest BCUT2D eigenvalue weighted by Gasteiger charge is -2.31. The SMILES string of the molecule is CN(C(=O)[C@@H]1CCC(=O)N1)C1CCCC1CN. The summed E-state index contributed by atoms with van der Waals surface area (Å²) in [4.78, 5) is 25.1. The quantitative estimate of drug-likeness (QED) is 0.719. The summed E-state index contributed by atoms with van der Waals surface area (Å²) in [7, 11) is 1.84. The summed E-state index contributed by atoms with van der Waals surface area (Å²) in [5.74, 6) is 0.445. The van der Waals surface area contributed by atoms with Gasteiger partial charge in [0.05, 0.1) is 0 Å². The highest BCUT2D eigenvalue weighted by atomic mass is 16.2. The maximum Gasteiger partial charge on any atom is 0.245 e. The first kappa shape index (κ1) is 12.4. The van der Waals surface area contributed by atoms with E-state index in [2.05, 4.69) is 5.32 Å². The van der Waals surface area contributed by atoms with Gasteiger partial charge in [0, 0.05) is 19.5 Å². The molecule has 0 aromatic carbocycles. The van der Waals surface area contributed by atoms with E-state index in [1.54, 1.807) is 4.90 Å². The fourth-order valence-corrected chi connectivity index (χ4v) is 3.01. The topological polar surface area (TPSA) is 75.4 Å². The predicted molar refractivity (Wildman–Crippen MR) is 64.1 cm³/mol. The van der Waals surface area contributed by atoms with E-state index in [1.165, 1.54) is 0 Å². The van der Waals surface area contributed by atoms with Crippen molar-refractivity contribution in [1.82, 2.24) is 10.2 Å². The van der Waals surface area contributed by atoms with E-state index in [1.807, 2.05) is 7.05 Å². The van der Waals surface area contributed by atoms with Gasteiger partial charge in [-0.2, -0.15) is 0 Å². The Balaban J connectivity index is 1.97. The van der Waals surface area contributed by atoms with Gasteiger partial charge in [0.25, 0.3) is 0 Å². The second-order valence-corrected chi connectivity index (χ2v) is 5.10. The van der Waals surface area contributed by atoms with Crippen molar-refractivity contribution in [3.8, 4) is 0 Å². The molecular formula is C12H21N3O2. The standard InChI is InChI=1S/C12H21N3O2/c1-15(10-4-2-3-8(10)7-13)12(17)9-5-6-11(16)14-9/h8-10H,2-7,13H2,1H3,(H,14,16)/t8?,9-,10?/m0/s1. The number of amides is 2. The van der Waals surface area contributed by atoms with Crippen LogP contribution < -0.4 is 11.1 Å². The molecule has 0 radical (unpaired) electrons. The predicted octanol–water partition coefficient (Wildman–Crippen LogP) is -0.149. The van der Waals surface area contributed by atoms with Crippen LogP contribution in [0.4, 0.5) is 0 Å². The van der Waals surface area contributed by atoms with Crippen molar-refractivity contribution in [1.29, 1.82) is 0 Å². The lowest BCUT2D eigenvalue weighted by Crippen LogP contribution is -2.49. The molecule has 2 rings (SSSR count). The number of nitrogens with two attached hydrogens (primary N) is 1. The van der Waals surface area contributed by atoms with Crippen LogP contribution in [0.3, 0.4) is 0 Å². The van der Waals surface area contributed by atoms with Gasteiger partial charge in [-0.1, -0.05) is 6.42 Å². The van der Waals surface area contributed by atoms with E-state index >= 15 is 0 Å². The number of hydrogen-bond acceptors (Lipinski definition) is 3. The summed E-state index contributed by atoms with van der Waals surface area (Å²) in [6.45, 7) is 0.638. The molecule has 2 amide bonds. The highest BCUT2D eigenvalue weighted by molar-refractivity contribution is 5.90. The van der Waals surface area contributed by atoms with Crippen molar-refractivity contribution in [2.75, 3.05) is 13.6 Å². The Kier molecular flexibility index (Phi) is 3.66. The van der Waals surface area contributed by atoms with Crippen LogP contribution in [-0.4, -0.2) is 42.4 Å². The van der Waals surface area contributed by atoms with Gasteiger partial charge in [-0.3, -0.25) is 9.59 Å². The van der Waals surface area contributed by atoms with Crippen molar-refractivity contribution < 1.29 is 9.59 Å². The minimum Gasteiger partial charge on any atom is -0.344 e. The number of hydrogen-bond donors (Lipinski definition) is 2. The molecule has 3 N–H and O–H groups in total. The summed E-state index contributed by atoms with van der Waals surface area (Å²) in [6, 6.07) is -0.0588. The van der Waals surface area contributed by atoms with Crippen molar-refractivity contribution in [3.05, 3.63) is 0 Å². The third-order valence-corrected chi connectivity index (χ3v) is 4.06. The summed E-state index contributed by atoms with van der Waals surface area (Å²) in [5, 5.41) is 2.73. The molecule has 1 saturated carbocycles. The molecule has 1 aliphatic heterocycles. The average Bonchev–Trinajstić information content (AvgIpc) is 2.95. The monoisotopic (exact) mass is 239 g/mol. The van der Waals surface area contributed by atoms with Gasteiger partial charge in [-0.15, -0.1) is 0 Å². The molecule has 0 aromatic rings. The Bertz CT molecular complexity index is 319. The molecule has 1 heterocycles. The number of nitrogens with one attached hydrogen (secondary N) is 1. The number of carbonyl (C=O) groups is 2. The summed E-state index contributed by atoms with van der Waals surface area (Å²) < 4.78 is 0. The molecule has 0 aromatic heterocycles. The molecular weight excluding hydrogens is 218 g/mol. The highest BCUT2D eigenvalue weighted by Gasteiger charge is 2.36. The largest absolute Gasteiger partial charge is 0.344 e. The van der Waals surface area contributed by atoms with Gasteiger partial charge in [-0.05, 0) is 31.7 Å². The van der Waals surface area contributed by atoms with Crippen LogP contribution in [0.25, 0.3) is 0 Å². The molecule has 5 nitrogen and oxygen atoms in total. The third kappa shape index (κ3) is 2.44. The molecule has 1 saturated heterocycles. The third-order valence-electron chi connectivity index (χ3n) is 4.06. The van der Waals surface area contributed by atoms with E-state index in [0.29, 0.717) is 25.3 Å². The summed E-state index contributed by atoms with van der Waals surface area (Å²) in [5.41, 5.74) is 5.73. The Labute approximate surface area is 102 Å². The van der Waals surface area contributed by atoms with Crippen LogP contribution in [0, 0.1) is 5.92 Å². The number of likely N-dealkylation sites (N-methyl/N-ethyl adjacent to an activating group) is 1. The maximum absolute atomic E-state index is 12.2. The Morgan fingerprint density at radius 1 is 1.47 bits per heavy atom. The summed E-state index contributed by atoms with van der Waals surface area (Å²) >= 11 is 0. The molecule has 5 heteroatoms. The molecule has 1 aliphatic carbocycles. The Hall–Kier alpha value is -1.10. The van der Waals surface area contributed by atoms with Gasteiger partial charge in [0.2, 0.25) is 11.8 Å². The Morgan fingerprint density at radius 2 is 2.24 bits per heavy atom. The molecule has 3 atom stereocenters. The molecule has 0 bridgehead atoms. The zero-order valence-corrected chi connectivity index (χ0v) is 10.3. The minimum absolute atomic E-state index is 0.0152. The second-order valence-electron chi connectivity index (χ2n) is 5.10. The van der Waals surface area contributed by atoms with Gasteiger partial charge in [0.1, 0.15) is 6.04 Å². The zero-order valence-electron chi connectivity index (χ0n) is 10.3. The smallest absolute Gasteiger partial charge is 0.245 e. The first-order valence-corrected chi connectivity index (χ1v) is 6.39. The Morgan fingerprint density at radius 3 is 2.82 bits per heavy atom. The van der Waals surface area contributed by atoms with Gasteiger partial charge >= 0.3 is 0 Å². The van der Waals surface area contributed by atoms with E-state index in [4.69, 9.17) is 5.73 Å². The number of rotatable bonds is 3. The molecule has 96 valence electrons. The van der Waals surface area contributed by atoms with Crippen molar-refractivity contribution in [3.63, 3.8) is 0 Å². The minimum atomic E-state index is -0.313. The number of carbonyl (C=O) groups excluding carboxylic acids is 2. The van der Waals surface area contributed by atoms with E-state index < -0.39 is 0 Å². The fraction of sp³-hybridized carbons (Fsp3) is 0.833. The number of nitrogens with zero attached hydrogens (tertiary/aromatic N) is 1. The van der Waals surface area contributed by atoms with Crippen LogP contribution in [0.5, 0.6) is 0 Å². The van der Waals surface area contributed by atoms with Crippen molar-refractivity contribution in [2.24, 2.45) is 11.7 Å². The van der Waals surface area contributed by atoms with Gasteiger partial charge in [0.15, 0.2) is 0 Å². The van der Waals surface area contributed by atoms with Crippen molar-refractivity contribution >= 4 is 11.8 Å². The normalized spacial score (nSPS) is 32.6. The van der Waals surface area contributed by atoms with E-state index in [0.717, 1.165) is 19.3 Å². The van der Waals surface area contributed by atoms with Gasteiger partial charge < -0.3 is 16.0 Å². The van der Waals surface area contributed by atoms with Crippen LogP contribution in [0.15, 0.2) is 0 Å². The van der Waals surface area contributed by atoms with E-state index in [9.17, 15) is 9.59 Å². The second kappa shape index (κ2) is 5.04. The zero-order chi connectivity index (χ0) is 12.4. The first-order valence-electron chi connectivity index (χ1n) is 6.39. The maximum atomic E-state index is 12.2. The summed E-state index contributed by atoms with van der Waals surface area (Å²) in [6.07, 6.45) is 4.37. The molecule has 0 spiro atoms. The lowest BCUT2D eigenvalue weighted by molar-refractivity contribution is -0.135.